The fraction of sp³-hybridized carbons (Fsp3) is 0.964. The van der Waals surface area contributed by atoms with Crippen molar-refractivity contribution in [2.45, 2.75) is 136 Å². The van der Waals surface area contributed by atoms with Crippen LogP contribution in [0.15, 0.2) is 0 Å². The van der Waals surface area contributed by atoms with Gasteiger partial charge in [0.2, 0.25) is 0 Å². The van der Waals surface area contributed by atoms with Gasteiger partial charge in [-0.2, -0.15) is 0 Å². The van der Waals surface area contributed by atoms with E-state index < -0.39 is 10.1 Å². The Morgan fingerprint density at radius 2 is 1.06 bits per heavy atom. The predicted octanol–water partition coefficient (Wildman–Crippen LogP) is 6.30. The van der Waals surface area contributed by atoms with Crippen LogP contribution in [-0.4, -0.2) is 58.4 Å². The van der Waals surface area contributed by atoms with Gasteiger partial charge in [0.25, 0.3) is 10.1 Å². The van der Waals surface area contributed by atoms with Gasteiger partial charge in [0.1, 0.15) is 0 Å². The topological polar surface area (TPSA) is 92.7 Å². The molecule has 0 saturated carbocycles. The van der Waals surface area contributed by atoms with Crippen LogP contribution in [0.3, 0.4) is 0 Å². The Labute approximate surface area is 224 Å². The maximum atomic E-state index is 11.7. The highest BCUT2D eigenvalue weighted by Gasteiger charge is 2.19. The first-order valence-corrected chi connectivity index (χ1v) is 16.5. The molecule has 0 aromatic carbocycles. The molecule has 0 aromatic rings. The zero-order valence-corrected chi connectivity index (χ0v) is 25.2. The molecule has 0 atom stereocenters. The summed E-state index contributed by atoms with van der Waals surface area (Å²) in [5.41, 5.74) is 0. The second kappa shape index (κ2) is 25.9. The van der Waals surface area contributed by atoms with Gasteiger partial charge in [0.05, 0.1) is 39.5 Å². The Morgan fingerprint density at radius 1 is 0.667 bits per heavy atom. The average molecular weight is 538 g/mol. The second-order valence-corrected chi connectivity index (χ2v) is 12.0. The van der Waals surface area contributed by atoms with Crippen LogP contribution < -0.4 is 5.26 Å². The van der Waals surface area contributed by atoms with E-state index >= 15 is 0 Å². The minimum absolute atomic E-state index is 0.00905. The largest absolute Gasteiger partial charge is 0.707 e. The molecule has 0 aliphatic heterocycles. The van der Waals surface area contributed by atoms with Crippen molar-refractivity contribution < 1.29 is 32.0 Å². The van der Waals surface area contributed by atoms with E-state index in [2.05, 4.69) is 32.2 Å². The van der Waals surface area contributed by atoms with Crippen LogP contribution in [0.4, 0.5) is 0 Å². The highest BCUT2D eigenvalue weighted by atomic mass is 32.2. The molecule has 0 radical (unpaired) electrons. The third-order valence-electron chi connectivity index (χ3n) is 6.57. The Bertz CT molecular complexity index is 575. The van der Waals surface area contributed by atoms with Crippen LogP contribution in [0.25, 0.3) is 0 Å². The van der Waals surface area contributed by atoms with Gasteiger partial charge in [-0.3, -0.25) is 4.79 Å². The Kier molecular flexibility index (Phi) is 27.0. The first kappa shape index (κ1) is 37.5. The van der Waals surface area contributed by atoms with Crippen molar-refractivity contribution >= 4 is 16.1 Å². The van der Waals surface area contributed by atoms with E-state index in [0.29, 0.717) is 19.3 Å². The van der Waals surface area contributed by atoms with Gasteiger partial charge in [-0.1, -0.05) is 91.4 Å². The quantitative estimate of drug-likeness (QED) is 0.0472. The molecule has 0 amide bonds. The fourth-order valence-corrected chi connectivity index (χ4v) is 4.20. The minimum Gasteiger partial charge on any atom is -0.707 e. The van der Waals surface area contributed by atoms with Gasteiger partial charge in [-0.05, 0) is 38.5 Å². The molecule has 0 N–H and O–H groups in total. The van der Waals surface area contributed by atoms with Crippen LogP contribution in [0.1, 0.15) is 136 Å². The summed E-state index contributed by atoms with van der Waals surface area (Å²) < 4.78 is 28.2. The fourth-order valence-electron chi connectivity index (χ4n) is 4.20. The van der Waals surface area contributed by atoms with Gasteiger partial charge in [0, 0.05) is 6.42 Å². The standard InChI is InChI=1S/C27H56NO2.CH4O4S/c1-5-8-11-21-26-30-27(29)22-19-17-15-13-12-14-16-18-20-25-28(4,23-9-6-2)24-10-7-3;1-6(3,4)5-2/h5-26H2,1-4H3;2H,1H3/q+1;/p-1. The molecule has 0 aromatic heterocycles. The summed E-state index contributed by atoms with van der Waals surface area (Å²) in [6.45, 7) is 11.5. The molecule has 0 bridgehead atoms. The lowest BCUT2D eigenvalue weighted by Gasteiger charge is -2.35. The number of nitrogens with zero attached hydrogens (tertiary/aromatic N) is 1. The van der Waals surface area contributed by atoms with E-state index in [9.17, 15) is 13.2 Å². The highest BCUT2D eigenvalue weighted by molar-refractivity contribution is 7.85. The molecular weight excluding hydrogens is 478 g/mol. The average Bonchev–Trinajstić information content (AvgIpc) is 2.84. The SMILES string of the molecule is CCCCCCOC(=O)CCCCCCCCCCC[N+](C)(CCCC)CCCC.CS(=O)(=O)O[O-]. The minimum atomic E-state index is -3.72. The first-order valence-electron chi connectivity index (χ1n) is 14.6. The van der Waals surface area contributed by atoms with E-state index in [1.807, 2.05) is 0 Å². The molecule has 0 saturated heterocycles. The summed E-state index contributed by atoms with van der Waals surface area (Å²) in [4.78, 5) is 11.7. The van der Waals surface area contributed by atoms with E-state index in [1.165, 1.54) is 120 Å². The van der Waals surface area contributed by atoms with Crippen LogP contribution in [0.2, 0.25) is 0 Å². The number of rotatable bonds is 24. The van der Waals surface area contributed by atoms with Crippen molar-refractivity contribution in [3.8, 4) is 0 Å². The smallest absolute Gasteiger partial charge is 0.305 e. The highest BCUT2D eigenvalue weighted by Crippen LogP contribution is 2.14. The molecule has 7 nitrogen and oxygen atoms in total. The number of unbranched alkanes of at least 4 members (excludes halogenated alkanes) is 13. The molecular formula is C28H59NO6S. The summed E-state index contributed by atoms with van der Waals surface area (Å²) in [6.07, 6.45) is 23.1. The maximum Gasteiger partial charge on any atom is 0.305 e. The van der Waals surface area contributed by atoms with Crippen LogP contribution in [0.5, 0.6) is 0 Å². The molecule has 0 aliphatic rings. The van der Waals surface area contributed by atoms with Crippen molar-refractivity contribution in [3.63, 3.8) is 0 Å². The monoisotopic (exact) mass is 537 g/mol. The lowest BCUT2D eigenvalue weighted by molar-refractivity contribution is -0.910. The summed E-state index contributed by atoms with van der Waals surface area (Å²) in [5.74, 6) is 0.00905. The summed E-state index contributed by atoms with van der Waals surface area (Å²) in [7, 11) is -1.24. The van der Waals surface area contributed by atoms with Gasteiger partial charge < -0.3 is 18.8 Å². The molecule has 0 rings (SSSR count). The number of ether oxygens (including phenoxy) is 1. The van der Waals surface area contributed by atoms with Gasteiger partial charge >= 0.3 is 5.97 Å². The lowest BCUT2D eigenvalue weighted by Crippen LogP contribution is -2.46. The molecule has 8 heteroatoms. The number of esters is 1. The molecule has 0 fully saturated rings. The van der Waals surface area contributed by atoms with Crippen LogP contribution in [-0.2, 0) is 24.0 Å². The molecule has 36 heavy (non-hydrogen) atoms. The van der Waals surface area contributed by atoms with Crippen molar-refractivity contribution in [2.75, 3.05) is 39.5 Å². The number of carbonyl (C=O) groups excluding carboxylic acids is 1. The van der Waals surface area contributed by atoms with Crippen molar-refractivity contribution in [3.05, 3.63) is 0 Å². The Hall–Kier alpha value is -0.700. The second-order valence-electron chi connectivity index (χ2n) is 10.5. The van der Waals surface area contributed by atoms with Gasteiger partial charge in [-0.15, -0.1) is 0 Å². The number of hydrogen-bond donors (Lipinski definition) is 0. The van der Waals surface area contributed by atoms with Crippen LogP contribution >= 0.6 is 0 Å². The molecule has 0 spiro atoms. The number of hydrogen-bond acceptors (Lipinski definition) is 6. The van der Waals surface area contributed by atoms with E-state index in [1.54, 1.807) is 0 Å². The molecule has 0 unspecified atom stereocenters. The Balaban J connectivity index is 0. The third kappa shape index (κ3) is 29.5. The van der Waals surface area contributed by atoms with E-state index in [4.69, 9.17) is 9.99 Å². The zero-order valence-electron chi connectivity index (χ0n) is 24.4. The van der Waals surface area contributed by atoms with Crippen molar-refractivity contribution in [1.82, 2.24) is 0 Å². The lowest BCUT2D eigenvalue weighted by atomic mass is 10.1. The maximum absolute atomic E-state index is 11.7. The summed E-state index contributed by atoms with van der Waals surface area (Å²) >= 11 is 0. The van der Waals surface area contributed by atoms with E-state index in [0.717, 1.165) is 12.8 Å². The summed E-state index contributed by atoms with van der Waals surface area (Å²) in [6, 6.07) is 0. The van der Waals surface area contributed by atoms with E-state index in [-0.39, 0.29) is 5.97 Å². The predicted molar refractivity (Wildman–Crippen MR) is 148 cm³/mol. The number of quaternary nitrogens is 1. The van der Waals surface area contributed by atoms with Crippen molar-refractivity contribution in [1.29, 1.82) is 0 Å². The van der Waals surface area contributed by atoms with Crippen molar-refractivity contribution in [2.24, 2.45) is 0 Å². The van der Waals surface area contributed by atoms with Gasteiger partial charge in [-0.25, -0.2) is 8.42 Å². The third-order valence-corrected chi connectivity index (χ3v) is 6.81. The normalized spacial score (nSPS) is 11.7. The van der Waals surface area contributed by atoms with Gasteiger partial charge in [0.15, 0.2) is 0 Å². The number of carbonyl (C=O) groups is 1. The zero-order chi connectivity index (χ0) is 27.5. The first-order chi connectivity index (χ1) is 17.1. The summed E-state index contributed by atoms with van der Waals surface area (Å²) in [5, 5.41) is 8.86. The van der Waals surface area contributed by atoms with Crippen LogP contribution in [0, 0.1) is 0 Å². The molecule has 0 heterocycles. The Morgan fingerprint density at radius 3 is 1.50 bits per heavy atom. The molecule has 0 aliphatic carbocycles. The molecule has 218 valence electrons.